The second-order valence-corrected chi connectivity index (χ2v) is 3.70. The summed E-state index contributed by atoms with van der Waals surface area (Å²) in [5.41, 5.74) is -0.879. The van der Waals surface area contributed by atoms with Gasteiger partial charge in [-0.1, -0.05) is 11.6 Å². The molecule has 1 heterocycles. The third-order valence-corrected chi connectivity index (χ3v) is 2.59. The van der Waals surface area contributed by atoms with Crippen LogP contribution in [0, 0.1) is 0 Å². The zero-order valence-electron chi connectivity index (χ0n) is 7.63. The number of aromatic amines is 1. The lowest BCUT2D eigenvalue weighted by Gasteiger charge is -2.06. The molecule has 2 N–H and O–H groups in total. The van der Waals surface area contributed by atoms with Gasteiger partial charge in [0.1, 0.15) is 15.2 Å². The van der Waals surface area contributed by atoms with Crippen LogP contribution in [-0.2, 0) is 4.74 Å². The summed E-state index contributed by atoms with van der Waals surface area (Å²) in [7, 11) is 0. The number of carbonyl (C=O) groups excluding carboxylic acids is 1. The summed E-state index contributed by atoms with van der Waals surface area (Å²) in [6.45, 7) is 1.76. The summed E-state index contributed by atoms with van der Waals surface area (Å²) in [5, 5.41) is 9.25. The van der Waals surface area contributed by atoms with Crippen molar-refractivity contribution in [3.8, 4) is 5.75 Å². The van der Waals surface area contributed by atoms with E-state index in [0.29, 0.717) is 0 Å². The molecule has 0 aliphatic carbocycles. The number of carbonyl (C=O) groups is 1. The van der Waals surface area contributed by atoms with Crippen LogP contribution in [0.25, 0.3) is 0 Å². The Morgan fingerprint density at radius 3 is 2.80 bits per heavy atom. The molecule has 1 aromatic heterocycles. The molecule has 1 aromatic rings. The summed E-state index contributed by atoms with van der Waals surface area (Å²) < 4.78 is 4.50. The zero-order valence-corrected chi connectivity index (χ0v) is 9.98. The molecule has 0 atom stereocenters. The number of aromatic nitrogens is 1. The van der Waals surface area contributed by atoms with Crippen molar-refractivity contribution in [1.82, 2.24) is 4.98 Å². The van der Waals surface area contributed by atoms with Crippen molar-refractivity contribution in [2.75, 3.05) is 6.61 Å². The van der Waals surface area contributed by atoms with E-state index in [0.717, 1.165) is 0 Å². The molecule has 0 bridgehead atoms. The first-order chi connectivity index (χ1) is 6.99. The van der Waals surface area contributed by atoms with E-state index in [-0.39, 0.29) is 21.8 Å². The summed E-state index contributed by atoms with van der Waals surface area (Å²) >= 11 is 8.42. The maximum absolute atomic E-state index is 11.3. The Hall–Kier alpha value is -1.01. The Morgan fingerprint density at radius 2 is 2.27 bits per heavy atom. The van der Waals surface area contributed by atoms with Crippen molar-refractivity contribution in [1.29, 1.82) is 0 Å². The third-order valence-electron chi connectivity index (χ3n) is 1.57. The molecular weight excluding hydrogens is 289 g/mol. The zero-order chi connectivity index (χ0) is 11.6. The van der Waals surface area contributed by atoms with Crippen LogP contribution in [0.15, 0.2) is 9.27 Å². The lowest BCUT2D eigenvalue weighted by molar-refractivity contribution is 0.0522. The van der Waals surface area contributed by atoms with E-state index in [2.05, 4.69) is 25.7 Å². The maximum atomic E-state index is 11.3. The van der Waals surface area contributed by atoms with Crippen LogP contribution in [0.1, 0.15) is 17.3 Å². The van der Waals surface area contributed by atoms with Gasteiger partial charge in [0.2, 0.25) is 0 Å². The molecule has 0 aliphatic heterocycles. The normalized spacial score (nSPS) is 10.1. The van der Waals surface area contributed by atoms with Crippen molar-refractivity contribution in [2.24, 2.45) is 0 Å². The number of H-pyrrole nitrogens is 1. The number of pyridine rings is 1. The maximum Gasteiger partial charge on any atom is 0.345 e. The van der Waals surface area contributed by atoms with Gasteiger partial charge >= 0.3 is 5.97 Å². The van der Waals surface area contributed by atoms with Gasteiger partial charge in [-0.25, -0.2) is 4.79 Å². The van der Waals surface area contributed by atoms with Crippen LogP contribution in [-0.4, -0.2) is 22.7 Å². The summed E-state index contributed by atoms with van der Waals surface area (Å²) in [6.07, 6.45) is 0. The van der Waals surface area contributed by atoms with Crippen molar-refractivity contribution in [3.63, 3.8) is 0 Å². The topological polar surface area (TPSA) is 79.4 Å². The minimum atomic E-state index is -0.794. The SMILES string of the molecule is CCOC(=O)c1c(Cl)[nH]c(=O)c(Br)c1O. The summed E-state index contributed by atoms with van der Waals surface area (Å²) in [6, 6.07) is 0. The average molecular weight is 297 g/mol. The quantitative estimate of drug-likeness (QED) is 0.643. The van der Waals surface area contributed by atoms with E-state index in [1.165, 1.54) is 0 Å². The third kappa shape index (κ3) is 2.32. The standard InChI is InChI=1S/C8H7BrClNO4/c1-2-15-8(14)3-5(12)4(9)7(13)11-6(3)10/h2H2,1H3,(H2,11,12,13). The number of hydrogen-bond acceptors (Lipinski definition) is 4. The molecule has 0 aromatic carbocycles. The molecule has 0 radical (unpaired) electrons. The minimum absolute atomic E-state index is 0.144. The number of aromatic hydroxyl groups is 1. The Morgan fingerprint density at radius 1 is 1.67 bits per heavy atom. The molecule has 5 nitrogen and oxygen atoms in total. The molecule has 0 spiro atoms. The molecule has 0 saturated heterocycles. The van der Waals surface area contributed by atoms with Gasteiger partial charge < -0.3 is 14.8 Å². The fourth-order valence-corrected chi connectivity index (χ4v) is 1.48. The van der Waals surface area contributed by atoms with Crippen molar-refractivity contribution >= 4 is 33.5 Å². The van der Waals surface area contributed by atoms with E-state index in [4.69, 9.17) is 11.6 Å². The van der Waals surface area contributed by atoms with Gasteiger partial charge in [-0.15, -0.1) is 0 Å². The number of esters is 1. The van der Waals surface area contributed by atoms with Crippen LogP contribution in [0.2, 0.25) is 5.15 Å². The van der Waals surface area contributed by atoms with Gasteiger partial charge in [0.25, 0.3) is 5.56 Å². The first-order valence-corrected chi connectivity index (χ1v) is 5.13. The van der Waals surface area contributed by atoms with Crippen LogP contribution >= 0.6 is 27.5 Å². The summed E-state index contributed by atoms with van der Waals surface area (Å²) in [4.78, 5) is 24.6. The fourth-order valence-electron chi connectivity index (χ4n) is 0.928. The highest BCUT2D eigenvalue weighted by atomic mass is 79.9. The Bertz CT molecular complexity index is 457. The molecule has 7 heteroatoms. The predicted octanol–water partition coefficient (Wildman–Crippen LogP) is 1.67. The van der Waals surface area contributed by atoms with Crippen LogP contribution < -0.4 is 5.56 Å². The number of halogens is 2. The summed E-state index contributed by atoms with van der Waals surface area (Å²) in [5.74, 6) is -1.32. The second-order valence-electron chi connectivity index (χ2n) is 2.53. The lowest BCUT2D eigenvalue weighted by Crippen LogP contribution is -2.14. The van der Waals surface area contributed by atoms with E-state index >= 15 is 0 Å². The molecular formula is C8H7BrClNO4. The van der Waals surface area contributed by atoms with Crippen LogP contribution in [0.5, 0.6) is 5.75 Å². The van der Waals surface area contributed by atoms with Crippen LogP contribution in [0.3, 0.4) is 0 Å². The van der Waals surface area contributed by atoms with Crippen molar-refractivity contribution < 1.29 is 14.6 Å². The first-order valence-electron chi connectivity index (χ1n) is 3.96. The van der Waals surface area contributed by atoms with Crippen LogP contribution in [0.4, 0.5) is 0 Å². The highest BCUT2D eigenvalue weighted by Gasteiger charge is 2.21. The molecule has 0 amide bonds. The van der Waals surface area contributed by atoms with Gasteiger partial charge in [-0.05, 0) is 22.9 Å². The van der Waals surface area contributed by atoms with E-state index in [9.17, 15) is 14.7 Å². The van der Waals surface area contributed by atoms with Crippen molar-refractivity contribution in [3.05, 3.63) is 25.5 Å². The van der Waals surface area contributed by atoms with E-state index in [1.54, 1.807) is 6.92 Å². The minimum Gasteiger partial charge on any atom is -0.506 e. The molecule has 1 rings (SSSR count). The van der Waals surface area contributed by atoms with Crippen molar-refractivity contribution in [2.45, 2.75) is 6.92 Å². The molecule has 15 heavy (non-hydrogen) atoms. The highest BCUT2D eigenvalue weighted by molar-refractivity contribution is 9.10. The Kier molecular flexibility index (Phi) is 3.76. The molecule has 0 fully saturated rings. The smallest absolute Gasteiger partial charge is 0.345 e. The number of rotatable bonds is 2. The van der Waals surface area contributed by atoms with Gasteiger partial charge in [-0.2, -0.15) is 0 Å². The van der Waals surface area contributed by atoms with E-state index < -0.39 is 17.3 Å². The van der Waals surface area contributed by atoms with Gasteiger partial charge in [-0.3, -0.25) is 4.79 Å². The Labute approximate surface area is 98.1 Å². The average Bonchev–Trinajstić information content (AvgIpc) is 2.15. The highest BCUT2D eigenvalue weighted by Crippen LogP contribution is 2.29. The second kappa shape index (κ2) is 4.67. The molecule has 0 saturated carbocycles. The fraction of sp³-hybridized carbons (Fsp3) is 0.250. The molecule has 82 valence electrons. The van der Waals surface area contributed by atoms with E-state index in [1.807, 2.05) is 0 Å². The number of hydrogen-bond donors (Lipinski definition) is 2. The first kappa shape index (κ1) is 12.1. The monoisotopic (exact) mass is 295 g/mol. The number of nitrogens with one attached hydrogen (secondary N) is 1. The predicted molar refractivity (Wildman–Crippen MR) is 57.4 cm³/mol. The van der Waals surface area contributed by atoms with Gasteiger partial charge in [0.05, 0.1) is 6.61 Å². The lowest BCUT2D eigenvalue weighted by atomic mass is 10.2. The van der Waals surface area contributed by atoms with Gasteiger partial charge in [0, 0.05) is 0 Å². The molecule has 0 aliphatic rings. The van der Waals surface area contributed by atoms with Gasteiger partial charge in [0.15, 0.2) is 5.75 Å². The number of ether oxygens (including phenoxy) is 1. The molecule has 0 unspecified atom stereocenters. The largest absolute Gasteiger partial charge is 0.506 e. The Balaban J connectivity index is 3.36.